The van der Waals surface area contributed by atoms with E-state index in [9.17, 15) is 9.59 Å². The molecule has 0 aliphatic heterocycles. The molecule has 1 saturated carbocycles. The van der Waals surface area contributed by atoms with Crippen LogP contribution in [-0.2, 0) is 4.79 Å². The molecule has 0 spiro atoms. The Morgan fingerprint density at radius 2 is 2.11 bits per heavy atom. The second-order valence-corrected chi connectivity index (χ2v) is 7.61. The number of hydrogen-bond donors (Lipinski definition) is 2. The van der Waals surface area contributed by atoms with Crippen LogP contribution in [0.3, 0.4) is 0 Å². The Morgan fingerprint density at radius 3 is 2.81 bits per heavy atom. The summed E-state index contributed by atoms with van der Waals surface area (Å²) in [6.07, 6.45) is 8.13. The summed E-state index contributed by atoms with van der Waals surface area (Å²) < 4.78 is 2.15. The number of nitrogens with zero attached hydrogens (tertiary/aromatic N) is 4. The molecule has 27 heavy (non-hydrogen) atoms. The Labute approximate surface area is 162 Å². The van der Waals surface area contributed by atoms with Gasteiger partial charge in [0.1, 0.15) is 0 Å². The molecule has 0 saturated heterocycles. The van der Waals surface area contributed by atoms with Gasteiger partial charge in [0.15, 0.2) is 11.0 Å². The summed E-state index contributed by atoms with van der Waals surface area (Å²) in [7, 11) is 1.47. The van der Waals surface area contributed by atoms with E-state index in [1.165, 1.54) is 31.7 Å². The molecule has 0 radical (unpaired) electrons. The van der Waals surface area contributed by atoms with Crippen molar-refractivity contribution < 1.29 is 9.59 Å². The topological polar surface area (TPSA) is 102 Å². The van der Waals surface area contributed by atoms with Crippen LogP contribution >= 0.6 is 11.8 Å². The molecule has 2 aromatic rings. The van der Waals surface area contributed by atoms with E-state index in [-0.39, 0.29) is 17.7 Å². The number of carbonyl (C=O) groups excluding carboxylic acids is 2. The molecule has 0 unspecified atom stereocenters. The van der Waals surface area contributed by atoms with Crippen molar-refractivity contribution in [2.75, 3.05) is 12.8 Å². The van der Waals surface area contributed by atoms with Crippen LogP contribution in [0.25, 0.3) is 11.4 Å². The Bertz CT molecular complexity index is 794. The van der Waals surface area contributed by atoms with Crippen LogP contribution in [0.15, 0.2) is 29.7 Å². The smallest absolute Gasteiger partial charge is 0.321 e. The van der Waals surface area contributed by atoms with Crippen molar-refractivity contribution >= 4 is 23.7 Å². The second-order valence-electron chi connectivity index (χ2n) is 6.66. The van der Waals surface area contributed by atoms with Crippen LogP contribution in [0.4, 0.5) is 4.79 Å². The summed E-state index contributed by atoms with van der Waals surface area (Å²) in [5.41, 5.74) is 0.907. The molecule has 1 aliphatic carbocycles. The summed E-state index contributed by atoms with van der Waals surface area (Å²) in [5, 5.41) is 14.1. The normalized spacial score (nSPS) is 19.5. The zero-order chi connectivity index (χ0) is 19.2. The Balaban J connectivity index is 1.86. The first-order valence-electron chi connectivity index (χ1n) is 9.09. The third-order valence-electron chi connectivity index (χ3n) is 4.79. The Kier molecular flexibility index (Phi) is 6.44. The number of pyridine rings is 1. The lowest BCUT2D eigenvalue weighted by atomic mass is 9.85. The summed E-state index contributed by atoms with van der Waals surface area (Å²) >= 11 is 1.30. The van der Waals surface area contributed by atoms with Gasteiger partial charge < -0.3 is 5.32 Å². The number of thioether (sulfide) groups is 1. The van der Waals surface area contributed by atoms with E-state index < -0.39 is 6.03 Å². The molecule has 2 heterocycles. The first kappa shape index (κ1) is 19.3. The number of nitrogens with one attached hydrogen (secondary N) is 2. The highest BCUT2D eigenvalue weighted by Gasteiger charge is 2.29. The molecule has 9 heteroatoms. The number of rotatable bonds is 5. The molecule has 1 aliphatic rings. The molecule has 3 amide bonds. The first-order chi connectivity index (χ1) is 13.1. The first-order valence-corrected chi connectivity index (χ1v) is 10.1. The molecule has 0 bridgehead atoms. The molecule has 1 fully saturated rings. The molecule has 0 aromatic carbocycles. The van der Waals surface area contributed by atoms with Crippen molar-refractivity contribution in [2.45, 2.75) is 43.8 Å². The van der Waals surface area contributed by atoms with Gasteiger partial charge in [0.2, 0.25) is 5.91 Å². The maximum atomic E-state index is 12.0. The highest BCUT2D eigenvalue weighted by atomic mass is 32.2. The highest BCUT2D eigenvalue weighted by molar-refractivity contribution is 7.99. The highest BCUT2D eigenvalue weighted by Crippen LogP contribution is 2.38. The average Bonchev–Trinajstić information content (AvgIpc) is 3.11. The van der Waals surface area contributed by atoms with E-state index in [0.29, 0.717) is 11.1 Å². The lowest BCUT2D eigenvalue weighted by Gasteiger charge is -2.31. The van der Waals surface area contributed by atoms with Crippen LogP contribution in [0.2, 0.25) is 0 Å². The minimum atomic E-state index is -0.515. The summed E-state index contributed by atoms with van der Waals surface area (Å²) in [6, 6.07) is 3.61. The van der Waals surface area contributed by atoms with Gasteiger partial charge in [0.05, 0.1) is 5.75 Å². The monoisotopic (exact) mass is 388 g/mol. The fourth-order valence-corrected chi connectivity index (χ4v) is 4.19. The van der Waals surface area contributed by atoms with E-state index in [2.05, 4.69) is 37.3 Å². The molecule has 2 aromatic heterocycles. The lowest BCUT2D eigenvalue weighted by molar-refractivity contribution is -0.117. The van der Waals surface area contributed by atoms with Gasteiger partial charge in [0.25, 0.3) is 0 Å². The van der Waals surface area contributed by atoms with E-state index >= 15 is 0 Å². The largest absolute Gasteiger partial charge is 0.341 e. The quantitative estimate of drug-likeness (QED) is 0.764. The lowest BCUT2D eigenvalue weighted by Crippen LogP contribution is -2.38. The number of urea groups is 1. The van der Waals surface area contributed by atoms with Crippen molar-refractivity contribution in [3.63, 3.8) is 0 Å². The van der Waals surface area contributed by atoms with Crippen molar-refractivity contribution in [3.8, 4) is 11.4 Å². The average molecular weight is 388 g/mol. The van der Waals surface area contributed by atoms with Crippen LogP contribution < -0.4 is 10.6 Å². The van der Waals surface area contributed by atoms with Crippen LogP contribution in [0.5, 0.6) is 0 Å². The minimum absolute atomic E-state index is 0.0969. The molecular formula is C18H24N6O2S. The fourth-order valence-electron chi connectivity index (χ4n) is 3.40. The third kappa shape index (κ3) is 4.65. The maximum Gasteiger partial charge on any atom is 0.321 e. The van der Waals surface area contributed by atoms with Gasteiger partial charge in [-0.2, -0.15) is 0 Å². The van der Waals surface area contributed by atoms with Crippen LogP contribution in [-0.4, -0.2) is 44.5 Å². The molecule has 144 valence electrons. The second kappa shape index (κ2) is 8.98. The number of amides is 3. The Hall–Kier alpha value is -2.42. The van der Waals surface area contributed by atoms with Crippen molar-refractivity contribution in [1.82, 2.24) is 30.4 Å². The van der Waals surface area contributed by atoms with Crippen molar-refractivity contribution in [1.29, 1.82) is 0 Å². The predicted octanol–water partition coefficient (Wildman–Crippen LogP) is 2.64. The summed E-state index contributed by atoms with van der Waals surface area (Å²) in [6.45, 7) is 2.25. The molecule has 8 nitrogen and oxygen atoms in total. The predicted molar refractivity (Wildman–Crippen MR) is 103 cm³/mol. The van der Waals surface area contributed by atoms with E-state index in [4.69, 9.17) is 0 Å². The van der Waals surface area contributed by atoms with Gasteiger partial charge >= 0.3 is 6.03 Å². The van der Waals surface area contributed by atoms with E-state index in [0.717, 1.165) is 24.2 Å². The number of aromatic nitrogens is 4. The molecule has 2 atom stereocenters. The molecule has 3 rings (SSSR count). The number of imide groups is 1. The minimum Gasteiger partial charge on any atom is -0.341 e. The van der Waals surface area contributed by atoms with Gasteiger partial charge in [-0.3, -0.25) is 19.7 Å². The van der Waals surface area contributed by atoms with Crippen molar-refractivity contribution in [3.05, 3.63) is 24.5 Å². The molecular weight excluding hydrogens is 364 g/mol. The third-order valence-corrected chi connectivity index (χ3v) is 5.74. The maximum absolute atomic E-state index is 12.0. The van der Waals surface area contributed by atoms with Gasteiger partial charge in [-0.05, 0) is 30.9 Å². The van der Waals surface area contributed by atoms with Gasteiger partial charge in [-0.1, -0.05) is 31.5 Å². The zero-order valence-electron chi connectivity index (χ0n) is 15.5. The Morgan fingerprint density at radius 1 is 1.30 bits per heavy atom. The summed E-state index contributed by atoms with van der Waals surface area (Å²) in [4.78, 5) is 27.4. The standard InChI is InChI=1S/C18H24N6O2S/c1-12-6-3-4-8-14(12)24-16(13-7-5-9-20-10-13)22-23-18(24)27-11-15(25)21-17(26)19-2/h5,7,9-10,12,14H,3-4,6,8,11H2,1-2H3,(H2,19,21,25,26)/t12-,14+/m1/s1. The summed E-state index contributed by atoms with van der Waals surface area (Å²) in [5.74, 6) is 1.01. The molecule has 2 N–H and O–H groups in total. The van der Waals surface area contributed by atoms with Gasteiger partial charge in [-0.15, -0.1) is 10.2 Å². The van der Waals surface area contributed by atoms with Crippen LogP contribution in [0.1, 0.15) is 38.6 Å². The van der Waals surface area contributed by atoms with E-state index in [1.54, 1.807) is 12.4 Å². The fraction of sp³-hybridized carbons (Fsp3) is 0.500. The van der Waals surface area contributed by atoms with Crippen molar-refractivity contribution in [2.24, 2.45) is 5.92 Å². The van der Waals surface area contributed by atoms with E-state index in [1.807, 2.05) is 12.1 Å². The SMILES string of the molecule is CNC(=O)NC(=O)CSc1nnc(-c2cccnc2)n1[C@H]1CCCC[C@H]1C. The zero-order valence-corrected chi connectivity index (χ0v) is 16.3. The van der Waals surface area contributed by atoms with Gasteiger partial charge in [-0.25, -0.2) is 4.79 Å². The van der Waals surface area contributed by atoms with Crippen LogP contribution in [0, 0.1) is 5.92 Å². The number of hydrogen-bond acceptors (Lipinski definition) is 6. The number of carbonyl (C=O) groups is 2. The van der Waals surface area contributed by atoms with Gasteiger partial charge in [0, 0.05) is 31.0 Å².